The van der Waals surface area contributed by atoms with Crippen LogP contribution in [0.1, 0.15) is 10.4 Å². The summed E-state index contributed by atoms with van der Waals surface area (Å²) in [6.07, 6.45) is 0. The van der Waals surface area contributed by atoms with E-state index in [2.05, 4.69) is 10.00 Å². The molecular weight excluding hydrogens is 378 g/mol. The number of piperazine rings is 1. The summed E-state index contributed by atoms with van der Waals surface area (Å²) in [5.74, 6) is 0.781. The number of benzene rings is 2. The molecule has 1 aromatic heterocycles. The lowest BCUT2D eigenvalue weighted by Gasteiger charge is -2.35. The first kappa shape index (κ1) is 19.7. The number of carbonyl (C=O) groups excluding carboxylic acids is 1. The summed E-state index contributed by atoms with van der Waals surface area (Å²) in [6.45, 7) is 2.56. The normalized spacial score (nSPS) is 13.9. The summed E-state index contributed by atoms with van der Waals surface area (Å²) < 4.78 is 1.42. The van der Waals surface area contributed by atoms with Crippen LogP contribution >= 0.6 is 0 Å². The third-order valence-electron chi connectivity index (χ3n) is 5.31. The molecule has 3 aromatic rings. The topological polar surface area (TPSA) is 61.7 Å². The molecule has 4 rings (SSSR count). The van der Waals surface area contributed by atoms with Crippen molar-refractivity contribution < 1.29 is 4.79 Å². The van der Waals surface area contributed by atoms with Crippen LogP contribution in [-0.2, 0) is 0 Å². The van der Waals surface area contributed by atoms with Crippen LogP contribution in [0.25, 0.3) is 5.69 Å². The molecule has 0 unspecified atom stereocenters. The number of anilines is 2. The zero-order chi connectivity index (χ0) is 21.1. The highest BCUT2D eigenvalue weighted by Crippen LogP contribution is 2.17. The summed E-state index contributed by atoms with van der Waals surface area (Å²) in [5, 5.41) is 4.54. The highest BCUT2D eigenvalue weighted by molar-refractivity contribution is 5.94. The second kappa shape index (κ2) is 8.41. The summed E-state index contributed by atoms with van der Waals surface area (Å²) in [5.41, 5.74) is 2.33. The van der Waals surface area contributed by atoms with Crippen molar-refractivity contribution in [3.63, 3.8) is 0 Å². The van der Waals surface area contributed by atoms with E-state index in [-0.39, 0.29) is 11.5 Å². The third kappa shape index (κ3) is 4.05. The molecule has 1 aliphatic heterocycles. The predicted octanol–water partition coefficient (Wildman–Crippen LogP) is 2.26. The molecule has 1 fully saturated rings. The van der Waals surface area contributed by atoms with E-state index in [1.54, 1.807) is 12.1 Å². The molecule has 1 amide bonds. The standard InChI is InChI=1S/C23H25N5O2/c1-25(2)19-10-8-18(9-11-19)23(30)27-16-14-26(15-17-27)21-12-13-22(29)28(24-21)20-6-4-3-5-7-20/h3-13H,14-17H2,1-2H3. The molecule has 30 heavy (non-hydrogen) atoms. The molecule has 1 aliphatic rings. The SMILES string of the molecule is CN(C)c1ccc(C(=O)N2CCN(c3ccc(=O)n(-c4ccccc4)n3)CC2)cc1. The Labute approximate surface area is 175 Å². The fourth-order valence-corrected chi connectivity index (χ4v) is 3.55. The molecule has 154 valence electrons. The fourth-order valence-electron chi connectivity index (χ4n) is 3.55. The van der Waals surface area contributed by atoms with Crippen molar-refractivity contribution in [3.05, 3.63) is 82.6 Å². The molecule has 7 nitrogen and oxygen atoms in total. The minimum Gasteiger partial charge on any atom is -0.378 e. The summed E-state index contributed by atoms with van der Waals surface area (Å²) in [7, 11) is 3.95. The Bertz CT molecular complexity index is 1070. The fraction of sp³-hybridized carbons (Fsp3) is 0.261. The van der Waals surface area contributed by atoms with E-state index in [1.807, 2.05) is 78.5 Å². The van der Waals surface area contributed by atoms with E-state index in [1.165, 1.54) is 4.68 Å². The van der Waals surface area contributed by atoms with Gasteiger partial charge < -0.3 is 14.7 Å². The van der Waals surface area contributed by atoms with Crippen molar-refractivity contribution in [1.29, 1.82) is 0 Å². The van der Waals surface area contributed by atoms with E-state index in [0.29, 0.717) is 31.7 Å². The Morgan fingerprint density at radius 1 is 0.867 bits per heavy atom. The van der Waals surface area contributed by atoms with Gasteiger partial charge in [0.1, 0.15) is 5.82 Å². The molecule has 0 atom stereocenters. The molecule has 0 radical (unpaired) electrons. The van der Waals surface area contributed by atoms with Gasteiger partial charge in [-0.15, -0.1) is 5.10 Å². The predicted molar refractivity (Wildman–Crippen MR) is 119 cm³/mol. The van der Waals surface area contributed by atoms with E-state index in [4.69, 9.17) is 0 Å². The lowest BCUT2D eigenvalue weighted by Crippen LogP contribution is -2.49. The second-order valence-electron chi connectivity index (χ2n) is 7.50. The van der Waals surface area contributed by atoms with Crippen molar-refractivity contribution in [1.82, 2.24) is 14.7 Å². The quantitative estimate of drug-likeness (QED) is 0.669. The van der Waals surface area contributed by atoms with Crippen LogP contribution < -0.4 is 15.4 Å². The van der Waals surface area contributed by atoms with Crippen LogP contribution in [0.15, 0.2) is 71.5 Å². The van der Waals surface area contributed by atoms with Gasteiger partial charge in [-0.1, -0.05) is 18.2 Å². The summed E-state index contributed by atoms with van der Waals surface area (Å²) in [4.78, 5) is 31.1. The highest BCUT2D eigenvalue weighted by atomic mass is 16.2. The molecular formula is C23H25N5O2. The first-order valence-corrected chi connectivity index (χ1v) is 10.0. The number of rotatable bonds is 4. The van der Waals surface area contributed by atoms with E-state index < -0.39 is 0 Å². The molecule has 7 heteroatoms. The van der Waals surface area contributed by atoms with Gasteiger partial charge in [0, 0.05) is 57.6 Å². The number of hydrogen-bond donors (Lipinski definition) is 0. The van der Waals surface area contributed by atoms with Crippen LogP contribution in [0.3, 0.4) is 0 Å². The molecule has 0 bridgehead atoms. The van der Waals surface area contributed by atoms with E-state index in [0.717, 1.165) is 17.2 Å². The minimum atomic E-state index is -0.167. The number of carbonyl (C=O) groups is 1. The highest BCUT2D eigenvalue weighted by Gasteiger charge is 2.23. The minimum absolute atomic E-state index is 0.0437. The Hall–Kier alpha value is -3.61. The van der Waals surface area contributed by atoms with Crippen LogP contribution in [-0.4, -0.2) is 60.9 Å². The largest absolute Gasteiger partial charge is 0.378 e. The number of para-hydroxylation sites is 1. The van der Waals surface area contributed by atoms with E-state index >= 15 is 0 Å². The van der Waals surface area contributed by atoms with Gasteiger partial charge in [-0.25, -0.2) is 0 Å². The van der Waals surface area contributed by atoms with Gasteiger partial charge in [-0.05, 0) is 42.5 Å². The van der Waals surface area contributed by atoms with Crippen molar-refractivity contribution in [3.8, 4) is 5.69 Å². The number of hydrogen-bond acceptors (Lipinski definition) is 5. The number of amides is 1. The Balaban J connectivity index is 1.44. The van der Waals surface area contributed by atoms with Crippen LogP contribution in [0, 0.1) is 0 Å². The number of aromatic nitrogens is 2. The molecule has 1 saturated heterocycles. The maximum atomic E-state index is 12.8. The molecule has 2 heterocycles. The number of nitrogens with zero attached hydrogens (tertiary/aromatic N) is 5. The Morgan fingerprint density at radius 2 is 1.53 bits per heavy atom. The summed E-state index contributed by atoms with van der Waals surface area (Å²) >= 11 is 0. The maximum Gasteiger partial charge on any atom is 0.271 e. The molecule has 0 aliphatic carbocycles. The zero-order valence-electron chi connectivity index (χ0n) is 17.2. The molecule has 0 N–H and O–H groups in total. The smallest absolute Gasteiger partial charge is 0.271 e. The van der Waals surface area contributed by atoms with E-state index in [9.17, 15) is 9.59 Å². The molecule has 2 aromatic carbocycles. The van der Waals surface area contributed by atoms with Crippen molar-refractivity contribution in [2.75, 3.05) is 50.1 Å². The monoisotopic (exact) mass is 403 g/mol. The first-order valence-electron chi connectivity index (χ1n) is 10.0. The van der Waals surface area contributed by atoms with Crippen LogP contribution in [0.4, 0.5) is 11.5 Å². The van der Waals surface area contributed by atoms with Crippen molar-refractivity contribution >= 4 is 17.4 Å². The van der Waals surface area contributed by atoms with Gasteiger partial charge in [0.2, 0.25) is 0 Å². The summed E-state index contributed by atoms with van der Waals surface area (Å²) in [6, 6.07) is 20.3. The van der Waals surface area contributed by atoms with Crippen molar-refractivity contribution in [2.45, 2.75) is 0 Å². The van der Waals surface area contributed by atoms with Gasteiger partial charge >= 0.3 is 0 Å². The third-order valence-corrected chi connectivity index (χ3v) is 5.31. The molecule has 0 saturated carbocycles. The van der Waals surface area contributed by atoms with Gasteiger partial charge in [0.25, 0.3) is 11.5 Å². The lowest BCUT2D eigenvalue weighted by molar-refractivity contribution is 0.0746. The van der Waals surface area contributed by atoms with Crippen LogP contribution in [0.2, 0.25) is 0 Å². The van der Waals surface area contributed by atoms with Gasteiger partial charge in [-0.2, -0.15) is 4.68 Å². The van der Waals surface area contributed by atoms with Crippen molar-refractivity contribution in [2.24, 2.45) is 0 Å². The van der Waals surface area contributed by atoms with Gasteiger partial charge in [-0.3, -0.25) is 9.59 Å². The lowest BCUT2D eigenvalue weighted by atomic mass is 10.1. The second-order valence-corrected chi connectivity index (χ2v) is 7.50. The van der Waals surface area contributed by atoms with Gasteiger partial charge in [0.05, 0.1) is 5.69 Å². The molecule has 0 spiro atoms. The van der Waals surface area contributed by atoms with Crippen LogP contribution in [0.5, 0.6) is 0 Å². The Kier molecular flexibility index (Phi) is 5.52. The zero-order valence-corrected chi connectivity index (χ0v) is 17.2. The first-order chi connectivity index (χ1) is 14.5. The Morgan fingerprint density at radius 3 is 2.17 bits per heavy atom. The maximum absolute atomic E-state index is 12.8. The average molecular weight is 403 g/mol. The average Bonchev–Trinajstić information content (AvgIpc) is 2.80. The van der Waals surface area contributed by atoms with Gasteiger partial charge in [0.15, 0.2) is 0 Å².